The molecule has 5 rings (SSSR count). The number of aromatic nitrogens is 3. The number of benzene rings is 2. The molecular formula is C27H25BrN3+. The lowest BCUT2D eigenvalue weighted by atomic mass is 9.91. The third-order valence-corrected chi connectivity index (χ3v) is 6.14. The molecule has 0 spiro atoms. The standard InChI is InChI=1S/C27H25BrN3/c1-27(2,3)23-16-22-26(25(29-23)20-12-8-5-9-13-20)31(17-19-10-6-4-7-11-19)24-15-14-21(28)18-30(22)24/h4-16,18H,17H2,1-3H3/q+1. The lowest BCUT2D eigenvalue weighted by Crippen LogP contribution is -2.34. The molecule has 0 aliphatic carbocycles. The molecule has 0 bridgehead atoms. The van der Waals surface area contributed by atoms with Crippen molar-refractivity contribution in [1.82, 2.24) is 9.38 Å². The van der Waals surface area contributed by atoms with Gasteiger partial charge in [0.25, 0.3) is 5.65 Å². The van der Waals surface area contributed by atoms with Crippen molar-refractivity contribution in [2.24, 2.45) is 0 Å². The molecule has 0 atom stereocenters. The normalized spacial score (nSPS) is 12.0. The van der Waals surface area contributed by atoms with Crippen LogP contribution in [0.4, 0.5) is 0 Å². The smallest absolute Gasteiger partial charge is 0.247 e. The number of hydrogen-bond donors (Lipinski definition) is 0. The highest BCUT2D eigenvalue weighted by Gasteiger charge is 2.28. The number of rotatable bonds is 3. The number of hydrogen-bond acceptors (Lipinski definition) is 1. The second kappa shape index (κ2) is 7.61. The molecule has 31 heavy (non-hydrogen) atoms. The van der Waals surface area contributed by atoms with E-state index in [9.17, 15) is 0 Å². The van der Waals surface area contributed by atoms with Crippen molar-refractivity contribution in [3.63, 3.8) is 0 Å². The van der Waals surface area contributed by atoms with Gasteiger partial charge in [-0.05, 0) is 27.6 Å². The Morgan fingerprint density at radius 1 is 0.903 bits per heavy atom. The molecule has 154 valence electrons. The molecule has 4 heteroatoms. The predicted molar refractivity (Wildman–Crippen MR) is 130 cm³/mol. The van der Waals surface area contributed by atoms with Crippen molar-refractivity contribution in [2.45, 2.75) is 32.7 Å². The van der Waals surface area contributed by atoms with Gasteiger partial charge in [0.1, 0.15) is 18.4 Å². The van der Waals surface area contributed by atoms with E-state index in [1.54, 1.807) is 0 Å². The van der Waals surface area contributed by atoms with E-state index in [4.69, 9.17) is 4.98 Å². The molecule has 2 aromatic carbocycles. The predicted octanol–water partition coefficient (Wildman–Crippen LogP) is 6.55. The van der Waals surface area contributed by atoms with Gasteiger partial charge < -0.3 is 0 Å². The first-order valence-electron chi connectivity index (χ1n) is 10.6. The minimum Gasteiger partial charge on any atom is -0.247 e. The number of pyridine rings is 2. The zero-order chi connectivity index (χ0) is 21.6. The van der Waals surface area contributed by atoms with Crippen molar-refractivity contribution in [1.29, 1.82) is 0 Å². The fourth-order valence-electron chi connectivity index (χ4n) is 4.08. The maximum absolute atomic E-state index is 5.22. The Balaban J connectivity index is 1.92. The van der Waals surface area contributed by atoms with Gasteiger partial charge in [-0.15, -0.1) is 0 Å². The van der Waals surface area contributed by atoms with Crippen molar-refractivity contribution >= 4 is 32.6 Å². The molecule has 3 heterocycles. The summed E-state index contributed by atoms with van der Waals surface area (Å²) in [4.78, 5) is 5.22. The van der Waals surface area contributed by atoms with Crippen LogP contribution < -0.4 is 4.57 Å². The van der Waals surface area contributed by atoms with Crippen LogP contribution in [0.3, 0.4) is 0 Å². The van der Waals surface area contributed by atoms with Crippen LogP contribution in [0.15, 0.2) is 89.5 Å². The summed E-state index contributed by atoms with van der Waals surface area (Å²) in [5.74, 6) is 0. The van der Waals surface area contributed by atoms with Gasteiger partial charge in [-0.3, -0.25) is 0 Å². The summed E-state index contributed by atoms with van der Waals surface area (Å²) < 4.78 is 5.73. The SMILES string of the molecule is CC(C)(C)c1cc2c(c(-c3ccccc3)n1)[n+](Cc1ccccc1)c1ccc(Br)cn21. The van der Waals surface area contributed by atoms with Crippen LogP contribution in [0, 0.1) is 0 Å². The van der Waals surface area contributed by atoms with Crippen LogP contribution in [-0.2, 0) is 12.0 Å². The molecule has 5 aromatic rings. The Kier molecular flexibility index (Phi) is 4.90. The summed E-state index contributed by atoms with van der Waals surface area (Å²) in [6, 6.07) is 27.7. The van der Waals surface area contributed by atoms with Gasteiger partial charge in [-0.25, -0.2) is 9.55 Å². The molecule has 0 unspecified atom stereocenters. The van der Waals surface area contributed by atoms with Gasteiger partial charge in [0.2, 0.25) is 5.52 Å². The Bertz CT molecular complexity index is 1380. The summed E-state index contributed by atoms with van der Waals surface area (Å²) in [7, 11) is 0. The van der Waals surface area contributed by atoms with E-state index in [1.807, 2.05) is 0 Å². The van der Waals surface area contributed by atoms with Crippen molar-refractivity contribution in [3.05, 3.63) is 101 Å². The van der Waals surface area contributed by atoms with Gasteiger partial charge in [0, 0.05) is 23.1 Å². The van der Waals surface area contributed by atoms with E-state index < -0.39 is 0 Å². The highest BCUT2D eigenvalue weighted by Crippen LogP contribution is 2.32. The first kappa shape index (κ1) is 20.0. The highest BCUT2D eigenvalue weighted by molar-refractivity contribution is 9.10. The zero-order valence-corrected chi connectivity index (χ0v) is 19.6. The second-order valence-electron chi connectivity index (χ2n) is 8.99. The van der Waals surface area contributed by atoms with Crippen LogP contribution in [0.1, 0.15) is 32.0 Å². The topological polar surface area (TPSA) is 21.2 Å². The van der Waals surface area contributed by atoms with Crippen LogP contribution in [-0.4, -0.2) is 9.38 Å². The monoisotopic (exact) mass is 470 g/mol. The fraction of sp³-hybridized carbons (Fsp3) is 0.185. The zero-order valence-electron chi connectivity index (χ0n) is 18.0. The molecule has 0 saturated heterocycles. The number of imidazole rings is 1. The van der Waals surface area contributed by atoms with E-state index in [1.165, 1.54) is 11.1 Å². The average Bonchev–Trinajstić information content (AvgIpc) is 3.07. The van der Waals surface area contributed by atoms with Crippen molar-refractivity contribution in [3.8, 4) is 11.3 Å². The maximum Gasteiger partial charge on any atom is 0.287 e. The Morgan fingerprint density at radius 2 is 1.58 bits per heavy atom. The Labute approximate surface area is 191 Å². The molecule has 0 aliphatic rings. The number of fused-ring (bicyclic) bond motifs is 3. The molecule has 0 saturated carbocycles. The van der Waals surface area contributed by atoms with Gasteiger partial charge in [0.05, 0.1) is 10.2 Å². The third-order valence-electron chi connectivity index (χ3n) is 5.67. The van der Waals surface area contributed by atoms with Gasteiger partial charge >= 0.3 is 0 Å². The first-order valence-corrected chi connectivity index (χ1v) is 11.3. The Morgan fingerprint density at radius 3 is 2.26 bits per heavy atom. The largest absolute Gasteiger partial charge is 0.287 e. The van der Waals surface area contributed by atoms with Crippen LogP contribution in [0.2, 0.25) is 0 Å². The summed E-state index contributed by atoms with van der Waals surface area (Å²) in [5.41, 5.74) is 7.93. The molecule has 0 fully saturated rings. The molecule has 0 aliphatic heterocycles. The van der Waals surface area contributed by atoms with Crippen molar-refractivity contribution in [2.75, 3.05) is 0 Å². The summed E-state index contributed by atoms with van der Waals surface area (Å²) in [5, 5.41) is 0. The lowest BCUT2D eigenvalue weighted by Gasteiger charge is -2.18. The molecule has 3 aromatic heterocycles. The second-order valence-corrected chi connectivity index (χ2v) is 9.90. The van der Waals surface area contributed by atoms with E-state index in [-0.39, 0.29) is 5.41 Å². The van der Waals surface area contributed by atoms with E-state index >= 15 is 0 Å². The molecular weight excluding hydrogens is 446 g/mol. The van der Waals surface area contributed by atoms with E-state index in [2.05, 4.69) is 131 Å². The summed E-state index contributed by atoms with van der Waals surface area (Å²) in [6.07, 6.45) is 2.15. The molecule has 3 nitrogen and oxygen atoms in total. The minimum atomic E-state index is -0.0574. The summed E-state index contributed by atoms with van der Waals surface area (Å²) in [6.45, 7) is 7.45. The first-order chi connectivity index (χ1) is 14.9. The van der Waals surface area contributed by atoms with E-state index in [0.29, 0.717) is 0 Å². The maximum atomic E-state index is 5.22. The fourth-order valence-corrected chi connectivity index (χ4v) is 4.41. The lowest BCUT2D eigenvalue weighted by molar-refractivity contribution is -0.636. The quantitative estimate of drug-likeness (QED) is 0.274. The van der Waals surface area contributed by atoms with Gasteiger partial charge in [-0.2, -0.15) is 4.40 Å². The third kappa shape index (κ3) is 3.66. The molecule has 0 N–H and O–H groups in total. The minimum absolute atomic E-state index is 0.0574. The molecule has 0 amide bonds. The average molecular weight is 471 g/mol. The Hall–Kier alpha value is -2.98. The van der Waals surface area contributed by atoms with Gasteiger partial charge in [-0.1, -0.05) is 81.4 Å². The van der Waals surface area contributed by atoms with Crippen LogP contribution >= 0.6 is 15.9 Å². The summed E-state index contributed by atoms with van der Waals surface area (Å²) >= 11 is 3.67. The van der Waals surface area contributed by atoms with Crippen LogP contribution in [0.5, 0.6) is 0 Å². The van der Waals surface area contributed by atoms with Crippen LogP contribution in [0.25, 0.3) is 27.9 Å². The number of nitrogens with zero attached hydrogens (tertiary/aromatic N) is 3. The molecule has 0 radical (unpaired) electrons. The number of halogens is 1. The van der Waals surface area contributed by atoms with Gasteiger partial charge in [0.15, 0.2) is 5.52 Å². The highest BCUT2D eigenvalue weighted by atomic mass is 79.9. The van der Waals surface area contributed by atoms with Crippen molar-refractivity contribution < 1.29 is 4.57 Å². The van der Waals surface area contributed by atoms with E-state index in [0.717, 1.165) is 39.1 Å².